The first-order chi connectivity index (χ1) is 13.3. The molecule has 0 aliphatic heterocycles. The molecule has 28 heavy (non-hydrogen) atoms. The molecule has 2 aromatic heterocycles. The first-order valence-electron chi connectivity index (χ1n) is 8.38. The lowest BCUT2D eigenvalue weighted by Crippen LogP contribution is -2.31. The van der Waals surface area contributed by atoms with E-state index in [1.807, 2.05) is 19.0 Å². The summed E-state index contributed by atoms with van der Waals surface area (Å²) in [4.78, 5) is 35.6. The van der Waals surface area contributed by atoms with Gasteiger partial charge in [-0.3, -0.25) is 9.59 Å². The topological polar surface area (TPSA) is 140 Å². The van der Waals surface area contributed by atoms with Gasteiger partial charge < -0.3 is 20.2 Å². The van der Waals surface area contributed by atoms with Crippen molar-refractivity contribution in [1.82, 2.24) is 24.6 Å². The Morgan fingerprint density at radius 2 is 2.04 bits per heavy atom. The van der Waals surface area contributed by atoms with Gasteiger partial charge in [0.15, 0.2) is 0 Å². The second-order valence-electron chi connectivity index (χ2n) is 6.34. The Balaban J connectivity index is 1.81. The molecule has 0 saturated carbocycles. The third-order valence-electron chi connectivity index (χ3n) is 3.97. The first-order valence-corrected chi connectivity index (χ1v) is 9.87. The van der Waals surface area contributed by atoms with E-state index in [0.29, 0.717) is 6.54 Å². The van der Waals surface area contributed by atoms with E-state index >= 15 is 0 Å². The van der Waals surface area contributed by atoms with Crippen LogP contribution in [-0.4, -0.2) is 61.4 Å². The van der Waals surface area contributed by atoms with Crippen molar-refractivity contribution in [3.63, 3.8) is 0 Å². The molecule has 0 bridgehead atoms. The number of likely N-dealkylation sites (N-methyl/N-ethyl adjacent to an activating group) is 1. The van der Waals surface area contributed by atoms with Crippen molar-refractivity contribution in [2.75, 3.05) is 32.5 Å². The Morgan fingerprint density at radius 3 is 2.79 bits per heavy atom. The average Bonchev–Trinajstić information content (AvgIpc) is 3.07. The van der Waals surface area contributed by atoms with Gasteiger partial charge in [0.1, 0.15) is 5.65 Å². The summed E-state index contributed by atoms with van der Waals surface area (Å²) in [5, 5.41) is 2.74. The molecule has 4 N–H and O–H groups in total. The molecule has 1 aromatic carbocycles. The van der Waals surface area contributed by atoms with Crippen molar-refractivity contribution < 1.29 is 13.2 Å². The van der Waals surface area contributed by atoms with Crippen LogP contribution in [0, 0.1) is 0 Å². The highest BCUT2D eigenvalue weighted by atomic mass is 32.2. The van der Waals surface area contributed by atoms with Crippen LogP contribution in [0.5, 0.6) is 0 Å². The molecular formula is C17H20N6O4S. The lowest BCUT2D eigenvalue weighted by atomic mass is 10.2. The van der Waals surface area contributed by atoms with E-state index in [1.165, 1.54) is 30.7 Å². The molecule has 0 aliphatic carbocycles. The third kappa shape index (κ3) is 4.27. The fraction of sp³-hybridized carbons (Fsp3) is 0.235. The number of hydrogen-bond donors (Lipinski definition) is 4. The summed E-state index contributed by atoms with van der Waals surface area (Å²) in [7, 11) is -0.0225. The van der Waals surface area contributed by atoms with E-state index in [1.54, 1.807) is 6.07 Å². The number of aromatic amines is 2. The minimum absolute atomic E-state index is 0.0301. The molecule has 148 valence electrons. The number of hydrogen-bond acceptors (Lipinski definition) is 6. The molecular weight excluding hydrogens is 384 g/mol. The number of H-pyrrole nitrogens is 2. The molecule has 0 unspecified atom stereocenters. The summed E-state index contributed by atoms with van der Waals surface area (Å²) in [6.07, 6.45) is 2.62. The van der Waals surface area contributed by atoms with Crippen molar-refractivity contribution in [2.45, 2.75) is 4.90 Å². The van der Waals surface area contributed by atoms with Gasteiger partial charge in [-0.1, -0.05) is 6.07 Å². The van der Waals surface area contributed by atoms with E-state index in [9.17, 15) is 18.0 Å². The Kier molecular flexibility index (Phi) is 5.58. The Hall–Kier alpha value is -3.02. The fourth-order valence-corrected chi connectivity index (χ4v) is 3.64. The minimum atomic E-state index is -3.71. The van der Waals surface area contributed by atoms with Crippen molar-refractivity contribution in [3.8, 4) is 0 Å². The molecule has 10 nitrogen and oxygen atoms in total. The van der Waals surface area contributed by atoms with Crippen LogP contribution >= 0.6 is 0 Å². The largest absolute Gasteiger partial charge is 0.345 e. The van der Waals surface area contributed by atoms with E-state index in [2.05, 4.69) is 25.0 Å². The third-order valence-corrected chi connectivity index (χ3v) is 5.43. The number of carbonyl (C=O) groups is 1. The smallest absolute Gasteiger partial charge is 0.261 e. The number of sulfonamides is 1. The zero-order valence-corrected chi connectivity index (χ0v) is 16.1. The number of amides is 1. The number of nitrogens with zero attached hydrogens (tertiary/aromatic N) is 2. The monoisotopic (exact) mass is 404 g/mol. The van der Waals surface area contributed by atoms with E-state index in [-0.39, 0.29) is 33.7 Å². The van der Waals surface area contributed by atoms with Crippen LogP contribution in [0.4, 0.5) is 5.69 Å². The summed E-state index contributed by atoms with van der Waals surface area (Å²) >= 11 is 0. The van der Waals surface area contributed by atoms with Crippen molar-refractivity contribution in [1.29, 1.82) is 0 Å². The molecule has 1 amide bonds. The summed E-state index contributed by atoms with van der Waals surface area (Å²) < 4.78 is 27.3. The van der Waals surface area contributed by atoms with Crippen LogP contribution in [0.25, 0.3) is 11.0 Å². The number of carbonyl (C=O) groups excluding carboxylic acids is 1. The van der Waals surface area contributed by atoms with Crippen LogP contribution in [0.3, 0.4) is 0 Å². The summed E-state index contributed by atoms with van der Waals surface area (Å²) in [5.41, 5.74) is 0.241. The summed E-state index contributed by atoms with van der Waals surface area (Å²) in [6, 6.07) is 5.88. The first kappa shape index (κ1) is 19.7. The maximum atomic E-state index is 12.6. The Labute approximate surface area is 161 Å². The number of nitrogens with one attached hydrogen (secondary N) is 4. The number of anilines is 1. The minimum Gasteiger partial charge on any atom is -0.345 e. The van der Waals surface area contributed by atoms with Gasteiger partial charge in [0.25, 0.3) is 11.5 Å². The molecule has 0 radical (unpaired) electrons. The van der Waals surface area contributed by atoms with Gasteiger partial charge in [0.05, 0.1) is 22.2 Å². The Bertz CT molecular complexity index is 1170. The quantitative estimate of drug-likeness (QED) is 0.448. The zero-order valence-electron chi connectivity index (χ0n) is 15.3. The highest BCUT2D eigenvalue weighted by Crippen LogP contribution is 2.18. The van der Waals surface area contributed by atoms with Crippen LogP contribution in [0.2, 0.25) is 0 Å². The number of benzene rings is 1. The molecule has 0 atom stereocenters. The standard InChI is InChI=1S/C17H20N6O4S/c1-23(2)7-6-21-28(26,27)12-5-3-4-11(8-12)22-16(24)13-9-18-15-14(13)17(25)20-10-19-15/h3-5,8-10,21H,6-7H2,1-2H3,(H,22,24)(H2,18,19,20,25). The van der Waals surface area contributed by atoms with Crippen LogP contribution in [-0.2, 0) is 10.0 Å². The van der Waals surface area contributed by atoms with Crippen LogP contribution < -0.4 is 15.6 Å². The maximum Gasteiger partial charge on any atom is 0.261 e. The molecule has 0 spiro atoms. The van der Waals surface area contributed by atoms with Gasteiger partial charge in [0.2, 0.25) is 10.0 Å². The lowest BCUT2D eigenvalue weighted by Gasteiger charge is -2.12. The van der Waals surface area contributed by atoms with Gasteiger partial charge in [-0.25, -0.2) is 18.1 Å². The SMILES string of the molecule is CN(C)CCNS(=O)(=O)c1cccc(NC(=O)c2c[nH]c3nc[nH]c(=O)c23)c1. The van der Waals surface area contributed by atoms with Crippen molar-refractivity contribution >= 4 is 32.7 Å². The highest BCUT2D eigenvalue weighted by molar-refractivity contribution is 7.89. The number of aromatic nitrogens is 3. The summed E-state index contributed by atoms with van der Waals surface area (Å²) in [5.74, 6) is -0.556. The van der Waals surface area contributed by atoms with Gasteiger partial charge in [0, 0.05) is 25.0 Å². The predicted octanol–water partition coefficient (Wildman–Crippen LogP) is 0.343. The van der Waals surface area contributed by atoms with Crippen molar-refractivity contribution in [2.24, 2.45) is 0 Å². The van der Waals surface area contributed by atoms with Gasteiger partial charge in [-0.15, -0.1) is 0 Å². The van der Waals surface area contributed by atoms with E-state index in [0.717, 1.165) is 0 Å². The average molecular weight is 404 g/mol. The number of rotatable bonds is 7. The fourth-order valence-electron chi connectivity index (χ4n) is 2.58. The Morgan fingerprint density at radius 1 is 1.25 bits per heavy atom. The summed E-state index contributed by atoms with van der Waals surface area (Å²) in [6.45, 7) is 0.815. The second-order valence-corrected chi connectivity index (χ2v) is 8.11. The molecule has 0 fully saturated rings. The van der Waals surface area contributed by atoms with Crippen LogP contribution in [0.15, 0.2) is 46.5 Å². The van der Waals surface area contributed by atoms with Gasteiger partial charge in [-0.05, 0) is 32.3 Å². The second kappa shape index (κ2) is 7.92. The lowest BCUT2D eigenvalue weighted by molar-refractivity contribution is 0.102. The van der Waals surface area contributed by atoms with Gasteiger partial charge >= 0.3 is 0 Å². The molecule has 0 aliphatic rings. The van der Waals surface area contributed by atoms with Gasteiger partial charge in [-0.2, -0.15) is 0 Å². The van der Waals surface area contributed by atoms with E-state index in [4.69, 9.17) is 0 Å². The molecule has 0 saturated heterocycles. The molecule has 11 heteroatoms. The molecule has 2 heterocycles. The molecule has 3 aromatic rings. The van der Waals surface area contributed by atoms with Crippen LogP contribution in [0.1, 0.15) is 10.4 Å². The van der Waals surface area contributed by atoms with E-state index < -0.39 is 21.5 Å². The normalized spacial score (nSPS) is 11.8. The molecule has 3 rings (SSSR count). The number of fused-ring (bicyclic) bond motifs is 1. The van der Waals surface area contributed by atoms with Crippen molar-refractivity contribution in [3.05, 3.63) is 52.7 Å². The predicted molar refractivity (Wildman–Crippen MR) is 105 cm³/mol. The highest BCUT2D eigenvalue weighted by Gasteiger charge is 2.18. The zero-order chi connectivity index (χ0) is 20.3. The maximum absolute atomic E-state index is 12.6.